The summed E-state index contributed by atoms with van der Waals surface area (Å²) < 4.78 is 1.97. The van der Waals surface area contributed by atoms with Gasteiger partial charge in [-0.3, -0.25) is 9.36 Å². The van der Waals surface area contributed by atoms with Crippen LogP contribution in [-0.4, -0.2) is 4.57 Å². The summed E-state index contributed by atoms with van der Waals surface area (Å²) in [5.74, 6) is 0. The first-order valence-electron chi connectivity index (χ1n) is 12.6. The lowest BCUT2D eigenvalue weighted by Gasteiger charge is -2.23. The van der Waals surface area contributed by atoms with Crippen molar-refractivity contribution in [2.45, 2.75) is 19.8 Å². The topological polar surface area (TPSA) is 22.0 Å². The number of hydrogen-bond acceptors (Lipinski definition) is 1. The van der Waals surface area contributed by atoms with Crippen LogP contribution in [0.15, 0.2) is 108 Å². The van der Waals surface area contributed by atoms with Gasteiger partial charge in [0.1, 0.15) is 0 Å². The Morgan fingerprint density at radius 2 is 1.39 bits per heavy atom. The summed E-state index contributed by atoms with van der Waals surface area (Å²) in [5.41, 5.74) is 7.54. The van der Waals surface area contributed by atoms with Gasteiger partial charge in [0, 0.05) is 21.7 Å². The fourth-order valence-corrected chi connectivity index (χ4v) is 5.95. The number of allylic oxidation sites excluding steroid dienone is 1. The van der Waals surface area contributed by atoms with E-state index in [0.29, 0.717) is 0 Å². The van der Waals surface area contributed by atoms with Gasteiger partial charge >= 0.3 is 0 Å². The number of para-hydroxylation sites is 1. The maximum atomic E-state index is 14.3. The van der Waals surface area contributed by atoms with Gasteiger partial charge in [0.05, 0.1) is 11.2 Å². The highest BCUT2D eigenvalue weighted by Gasteiger charge is 2.22. The van der Waals surface area contributed by atoms with E-state index in [4.69, 9.17) is 0 Å². The van der Waals surface area contributed by atoms with Gasteiger partial charge in [-0.1, -0.05) is 103 Å². The standard InChI is InChI=1S/C34H25NO/c1-22-19-20-27-30(21-22)33(28-16-7-6-15-26(28)32(27)23-11-3-2-4-12-23)35-31-18-10-9-14-25(31)24-13-5-8-17-29(24)34(35)36/h2-4,6-12,14-21H,5,13H2,1H3. The van der Waals surface area contributed by atoms with Crippen molar-refractivity contribution in [2.75, 3.05) is 0 Å². The van der Waals surface area contributed by atoms with Gasteiger partial charge in [0.2, 0.25) is 0 Å². The van der Waals surface area contributed by atoms with Crippen LogP contribution >= 0.6 is 0 Å². The molecule has 6 aromatic rings. The van der Waals surface area contributed by atoms with Gasteiger partial charge in [0.15, 0.2) is 0 Å². The van der Waals surface area contributed by atoms with Crippen molar-refractivity contribution >= 4 is 38.5 Å². The number of benzene rings is 5. The van der Waals surface area contributed by atoms with E-state index >= 15 is 0 Å². The van der Waals surface area contributed by atoms with Gasteiger partial charge in [-0.15, -0.1) is 0 Å². The van der Waals surface area contributed by atoms with Gasteiger partial charge in [-0.2, -0.15) is 0 Å². The van der Waals surface area contributed by atoms with Crippen LogP contribution in [0, 0.1) is 6.92 Å². The first-order valence-corrected chi connectivity index (χ1v) is 12.6. The smallest absolute Gasteiger partial charge is 0.263 e. The zero-order valence-electron chi connectivity index (χ0n) is 20.2. The van der Waals surface area contributed by atoms with E-state index in [1.54, 1.807) is 0 Å². The van der Waals surface area contributed by atoms with Crippen LogP contribution in [0.2, 0.25) is 0 Å². The average Bonchev–Trinajstić information content (AvgIpc) is 2.93. The molecule has 2 heteroatoms. The van der Waals surface area contributed by atoms with Crippen LogP contribution in [0.5, 0.6) is 0 Å². The normalized spacial score (nSPS) is 12.9. The predicted molar refractivity (Wildman–Crippen MR) is 152 cm³/mol. The highest BCUT2D eigenvalue weighted by atomic mass is 16.1. The van der Waals surface area contributed by atoms with E-state index in [1.165, 1.54) is 22.3 Å². The highest BCUT2D eigenvalue weighted by molar-refractivity contribution is 6.18. The van der Waals surface area contributed by atoms with Crippen molar-refractivity contribution in [1.29, 1.82) is 0 Å². The lowest BCUT2D eigenvalue weighted by molar-refractivity contribution is 0.961. The van der Waals surface area contributed by atoms with E-state index in [1.807, 2.05) is 16.7 Å². The first-order chi connectivity index (χ1) is 17.7. The number of aromatic nitrogens is 1. The Hall–Kier alpha value is -4.43. The number of aryl methyl sites for hydroxylation is 2. The number of nitrogens with zero attached hydrogens (tertiary/aromatic N) is 1. The molecular weight excluding hydrogens is 438 g/mol. The Morgan fingerprint density at radius 3 is 2.22 bits per heavy atom. The molecule has 0 unspecified atom stereocenters. The van der Waals surface area contributed by atoms with Crippen LogP contribution in [0.4, 0.5) is 0 Å². The summed E-state index contributed by atoms with van der Waals surface area (Å²) in [6.45, 7) is 2.12. The molecule has 0 aliphatic heterocycles. The second-order valence-electron chi connectivity index (χ2n) is 9.68. The second-order valence-corrected chi connectivity index (χ2v) is 9.68. The summed E-state index contributed by atoms with van der Waals surface area (Å²) in [6.07, 6.45) is 6.02. The first kappa shape index (κ1) is 20.9. The minimum absolute atomic E-state index is 0.0556. The maximum absolute atomic E-state index is 14.3. The number of hydrogen-bond donors (Lipinski definition) is 0. The Bertz CT molecular complexity index is 1910. The van der Waals surface area contributed by atoms with Crippen LogP contribution in [0.1, 0.15) is 23.1 Å². The molecule has 7 rings (SSSR count). The Balaban J connectivity index is 1.75. The van der Waals surface area contributed by atoms with Gasteiger partial charge in [-0.25, -0.2) is 0 Å². The number of fused-ring (bicyclic) bond motifs is 5. The molecule has 172 valence electrons. The van der Waals surface area contributed by atoms with Crippen molar-refractivity contribution in [1.82, 2.24) is 4.57 Å². The molecular formula is C34H25NO. The van der Waals surface area contributed by atoms with E-state index in [2.05, 4.69) is 104 Å². The predicted octanol–water partition coefficient (Wildman–Crippen LogP) is 8.23. The van der Waals surface area contributed by atoms with Gasteiger partial charge in [-0.05, 0) is 59.4 Å². The highest BCUT2D eigenvalue weighted by Crippen LogP contribution is 2.42. The third-order valence-electron chi connectivity index (χ3n) is 7.51. The third-order valence-corrected chi connectivity index (χ3v) is 7.51. The Morgan fingerprint density at radius 1 is 0.694 bits per heavy atom. The second kappa shape index (κ2) is 8.07. The zero-order valence-corrected chi connectivity index (χ0v) is 20.2. The summed E-state index contributed by atoms with van der Waals surface area (Å²) in [5, 5.41) is 5.65. The minimum Gasteiger partial charge on any atom is -0.275 e. The molecule has 0 N–H and O–H groups in total. The quantitative estimate of drug-likeness (QED) is 0.237. The van der Waals surface area contributed by atoms with Crippen molar-refractivity contribution in [2.24, 2.45) is 0 Å². The van der Waals surface area contributed by atoms with Crippen molar-refractivity contribution in [3.05, 3.63) is 130 Å². The van der Waals surface area contributed by atoms with Crippen LogP contribution in [0.25, 0.3) is 55.3 Å². The van der Waals surface area contributed by atoms with E-state index in [0.717, 1.165) is 56.5 Å². The SMILES string of the molecule is Cc1ccc2c(-c3ccccc3)c3ccccc3c(-n3c(=O)c4c(c5ccccc53)CCC=C4)c2c1. The van der Waals surface area contributed by atoms with Crippen molar-refractivity contribution < 1.29 is 0 Å². The average molecular weight is 464 g/mol. The molecule has 1 aliphatic rings. The monoisotopic (exact) mass is 463 g/mol. The van der Waals surface area contributed by atoms with Gasteiger partial charge < -0.3 is 0 Å². The Labute approximate surface area is 209 Å². The van der Waals surface area contributed by atoms with Crippen LogP contribution in [0.3, 0.4) is 0 Å². The molecule has 1 aliphatic carbocycles. The minimum atomic E-state index is 0.0556. The van der Waals surface area contributed by atoms with E-state index in [-0.39, 0.29) is 5.56 Å². The molecule has 1 heterocycles. The lowest BCUT2D eigenvalue weighted by Crippen LogP contribution is -2.24. The van der Waals surface area contributed by atoms with Crippen LogP contribution in [-0.2, 0) is 6.42 Å². The van der Waals surface area contributed by atoms with E-state index < -0.39 is 0 Å². The summed E-state index contributed by atoms with van der Waals surface area (Å²) in [6, 6.07) is 34.1. The van der Waals surface area contributed by atoms with Crippen molar-refractivity contribution in [3.63, 3.8) is 0 Å². The summed E-state index contributed by atoms with van der Waals surface area (Å²) >= 11 is 0. The molecule has 2 nitrogen and oxygen atoms in total. The maximum Gasteiger partial charge on any atom is 0.263 e. The Kier molecular flexibility index (Phi) is 4.68. The van der Waals surface area contributed by atoms with E-state index in [9.17, 15) is 4.79 Å². The molecule has 0 amide bonds. The number of rotatable bonds is 2. The molecule has 0 saturated carbocycles. The molecule has 0 spiro atoms. The van der Waals surface area contributed by atoms with Crippen molar-refractivity contribution in [3.8, 4) is 16.8 Å². The molecule has 0 fully saturated rings. The fraction of sp³-hybridized carbons (Fsp3) is 0.0882. The molecule has 1 aromatic heterocycles. The summed E-state index contributed by atoms with van der Waals surface area (Å²) in [4.78, 5) is 14.3. The summed E-state index contributed by atoms with van der Waals surface area (Å²) in [7, 11) is 0. The fourth-order valence-electron chi connectivity index (χ4n) is 5.95. The molecule has 0 bridgehead atoms. The third kappa shape index (κ3) is 3.01. The molecule has 5 aromatic carbocycles. The van der Waals surface area contributed by atoms with Gasteiger partial charge in [0.25, 0.3) is 5.56 Å². The van der Waals surface area contributed by atoms with Crippen LogP contribution < -0.4 is 5.56 Å². The molecule has 0 saturated heterocycles. The molecule has 36 heavy (non-hydrogen) atoms. The molecule has 0 atom stereocenters. The number of pyridine rings is 1. The lowest BCUT2D eigenvalue weighted by atomic mass is 9.89. The molecule has 0 radical (unpaired) electrons. The zero-order chi connectivity index (χ0) is 24.2. The largest absolute Gasteiger partial charge is 0.275 e.